The van der Waals surface area contributed by atoms with Crippen LogP contribution in [0.1, 0.15) is 55.8 Å². The van der Waals surface area contributed by atoms with Crippen molar-refractivity contribution in [2.24, 2.45) is 0 Å². The van der Waals surface area contributed by atoms with Crippen LogP contribution in [0.15, 0.2) is 47.3 Å². The molecular formula is C25H26FN3O3S. The molecule has 2 heterocycles. The highest BCUT2D eigenvalue weighted by atomic mass is 32.1. The summed E-state index contributed by atoms with van der Waals surface area (Å²) in [6, 6.07) is 11.2. The molecule has 1 amide bonds. The second kappa shape index (κ2) is 10.1. The van der Waals surface area contributed by atoms with Crippen LogP contribution in [0.25, 0.3) is 21.1 Å². The Morgan fingerprint density at radius 2 is 1.88 bits per heavy atom. The van der Waals surface area contributed by atoms with Crippen molar-refractivity contribution >= 4 is 43.5 Å². The van der Waals surface area contributed by atoms with Crippen molar-refractivity contribution in [3.05, 3.63) is 64.2 Å². The van der Waals surface area contributed by atoms with Crippen LogP contribution in [-0.2, 0) is 6.54 Å². The first-order valence-electron chi connectivity index (χ1n) is 11.2. The van der Waals surface area contributed by atoms with Crippen LogP contribution >= 0.6 is 11.3 Å². The molecule has 0 saturated heterocycles. The van der Waals surface area contributed by atoms with Crippen LogP contribution in [0.4, 0.5) is 9.52 Å². The summed E-state index contributed by atoms with van der Waals surface area (Å²) < 4.78 is 15.6. The second-order valence-corrected chi connectivity index (χ2v) is 9.08. The van der Waals surface area contributed by atoms with Gasteiger partial charge in [-0.25, -0.2) is 9.37 Å². The van der Waals surface area contributed by atoms with Gasteiger partial charge in [-0.15, -0.1) is 0 Å². The van der Waals surface area contributed by atoms with Gasteiger partial charge in [0.2, 0.25) is 0 Å². The predicted octanol–water partition coefficient (Wildman–Crippen LogP) is 6.07. The molecule has 6 nitrogen and oxygen atoms in total. The number of halogens is 1. The molecule has 8 heteroatoms. The van der Waals surface area contributed by atoms with Crippen LogP contribution in [0.3, 0.4) is 0 Å². The third kappa shape index (κ3) is 4.90. The molecule has 0 bridgehead atoms. The molecule has 33 heavy (non-hydrogen) atoms. The van der Waals surface area contributed by atoms with E-state index in [1.54, 1.807) is 28.8 Å². The number of carbonyl (C=O) groups is 1. The van der Waals surface area contributed by atoms with Crippen molar-refractivity contribution in [1.29, 1.82) is 0 Å². The van der Waals surface area contributed by atoms with Gasteiger partial charge in [-0.05, 0) is 36.8 Å². The van der Waals surface area contributed by atoms with E-state index in [1.165, 1.54) is 37.5 Å². The lowest BCUT2D eigenvalue weighted by Crippen LogP contribution is -2.30. The van der Waals surface area contributed by atoms with Crippen molar-refractivity contribution in [1.82, 2.24) is 9.55 Å². The molecule has 0 aliphatic rings. The standard InChI is InChI=1S/C25H26FN3O3S/c1-2-3-4-5-6-9-14-29-19-11-8-7-10-17(19)22(30)21(24(29)32)23(31)28-25-27-18-13-12-16(26)15-20(18)33-25/h7-8,10-13,15,30H,2-6,9,14H2,1H3,(H,27,28,31). The number of carbonyl (C=O) groups excluding carboxylic acids is 1. The lowest BCUT2D eigenvalue weighted by Gasteiger charge is -2.14. The minimum atomic E-state index is -0.737. The van der Waals surface area contributed by atoms with Crippen molar-refractivity contribution in [3.63, 3.8) is 0 Å². The first-order chi connectivity index (χ1) is 16.0. The van der Waals surface area contributed by atoms with E-state index in [9.17, 15) is 19.1 Å². The molecule has 0 fully saturated rings. The molecule has 0 radical (unpaired) electrons. The van der Waals surface area contributed by atoms with Gasteiger partial charge in [-0.2, -0.15) is 0 Å². The van der Waals surface area contributed by atoms with E-state index in [4.69, 9.17) is 0 Å². The third-order valence-corrected chi connectivity index (χ3v) is 6.61. The quantitative estimate of drug-likeness (QED) is 0.293. The monoisotopic (exact) mass is 467 g/mol. The number of pyridine rings is 1. The van der Waals surface area contributed by atoms with Gasteiger partial charge in [0.1, 0.15) is 17.1 Å². The zero-order valence-electron chi connectivity index (χ0n) is 18.4. The van der Waals surface area contributed by atoms with Gasteiger partial charge in [0, 0.05) is 11.9 Å². The maximum atomic E-state index is 13.5. The minimum absolute atomic E-state index is 0.232. The number of para-hydroxylation sites is 1. The SMILES string of the molecule is CCCCCCCCn1c(=O)c(C(=O)Nc2nc3ccc(F)cc3s2)c(O)c2ccccc21. The summed E-state index contributed by atoms with van der Waals surface area (Å²) in [4.78, 5) is 30.6. The second-order valence-electron chi connectivity index (χ2n) is 8.05. The lowest BCUT2D eigenvalue weighted by molar-refractivity contribution is 0.102. The first kappa shape index (κ1) is 22.9. The zero-order valence-corrected chi connectivity index (χ0v) is 19.3. The fraction of sp³-hybridized carbons (Fsp3) is 0.320. The smallest absolute Gasteiger partial charge is 0.267 e. The Kier molecular flexibility index (Phi) is 7.03. The number of nitrogens with zero attached hydrogens (tertiary/aromatic N) is 2. The van der Waals surface area contributed by atoms with Crippen molar-refractivity contribution in [2.45, 2.75) is 52.0 Å². The fourth-order valence-electron chi connectivity index (χ4n) is 3.98. The van der Waals surface area contributed by atoms with E-state index in [1.807, 2.05) is 0 Å². The molecule has 4 rings (SSSR count). The Morgan fingerprint density at radius 3 is 2.70 bits per heavy atom. The largest absolute Gasteiger partial charge is 0.506 e. The van der Waals surface area contributed by atoms with Gasteiger partial charge in [0.25, 0.3) is 11.5 Å². The van der Waals surface area contributed by atoms with E-state index >= 15 is 0 Å². The summed E-state index contributed by atoms with van der Waals surface area (Å²) >= 11 is 1.10. The van der Waals surface area contributed by atoms with Gasteiger partial charge in [-0.1, -0.05) is 62.5 Å². The molecule has 0 aliphatic carbocycles. The molecule has 2 aromatic carbocycles. The average molecular weight is 468 g/mol. The maximum Gasteiger partial charge on any atom is 0.267 e. The number of aryl methyl sites for hydroxylation is 1. The number of thiazole rings is 1. The summed E-state index contributed by atoms with van der Waals surface area (Å²) in [5.41, 5.74) is 0.287. The van der Waals surface area contributed by atoms with Crippen LogP contribution in [0, 0.1) is 5.82 Å². The molecule has 4 aromatic rings. The Morgan fingerprint density at radius 1 is 1.12 bits per heavy atom. The number of anilines is 1. The fourth-order valence-corrected chi connectivity index (χ4v) is 4.86. The van der Waals surface area contributed by atoms with E-state index in [2.05, 4.69) is 17.2 Å². The number of fused-ring (bicyclic) bond motifs is 2. The lowest BCUT2D eigenvalue weighted by atomic mass is 10.1. The summed E-state index contributed by atoms with van der Waals surface area (Å²) in [6.07, 6.45) is 6.44. The molecule has 0 atom stereocenters. The molecule has 0 spiro atoms. The van der Waals surface area contributed by atoms with Crippen LogP contribution in [0.2, 0.25) is 0 Å². The van der Waals surface area contributed by atoms with E-state index in [0.29, 0.717) is 27.7 Å². The Bertz CT molecular complexity index is 1360. The molecule has 0 saturated carbocycles. The molecule has 2 N–H and O–H groups in total. The Labute approximate surface area is 194 Å². The number of hydrogen-bond donors (Lipinski definition) is 2. The molecule has 2 aromatic heterocycles. The number of aromatic hydroxyl groups is 1. The van der Waals surface area contributed by atoms with E-state index in [0.717, 1.165) is 30.6 Å². The topological polar surface area (TPSA) is 84.2 Å². The molecule has 0 unspecified atom stereocenters. The van der Waals surface area contributed by atoms with Gasteiger partial charge < -0.3 is 9.67 Å². The van der Waals surface area contributed by atoms with Gasteiger partial charge in [0.05, 0.1) is 15.7 Å². The number of unbranched alkanes of at least 4 members (excludes halogenated alkanes) is 5. The number of rotatable bonds is 9. The first-order valence-corrected chi connectivity index (χ1v) is 12.0. The Hall–Kier alpha value is -3.26. The summed E-state index contributed by atoms with van der Waals surface area (Å²) in [7, 11) is 0. The van der Waals surface area contributed by atoms with Crippen LogP contribution < -0.4 is 10.9 Å². The van der Waals surface area contributed by atoms with Crippen molar-refractivity contribution < 1.29 is 14.3 Å². The highest BCUT2D eigenvalue weighted by Gasteiger charge is 2.23. The third-order valence-electron chi connectivity index (χ3n) is 5.68. The van der Waals surface area contributed by atoms with Crippen molar-refractivity contribution in [2.75, 3.05) is 5.32 Å². The molecule has 172 valence electrons. The van der Waals surface area contributed by atoms with Crippen LogP contribution in [-0.4, -0.2) is 20.6 Å². The number of hydrogen-bond acceptors (Lipinski definition) is 5. The van der Waals surface area contributed by atoms with Gasteiger partial charge >= 0.3 is 0 Å². The van der Waals surface area contributed by atoms with Crippen LogP contribution in [0.5, 0.6) is 5.75 Å². The minimum Gasteiger partial charge on any atom is -0.506 e. The molecular weight excluding hydrogens is 441 g/mol. The van der Waals surface area contributed by atoms with E-state index < -0.39 is 17.3 Å². The zero-order chi connectivity index (χ0) is 23.4. The van der Waals surface area contributed by atoms with Gasteiger partial charge in [-0.3, -0.25) is 14.9 Å². The molecule has 0 aliphatic heterocycles. The Balaban J connectivity index is 1.64. The predicted molar refractivity (Wildman–Crippen MR) is 131 cm³/mol. The highest BCUT2D eigenvalue weighted by molar-refractivity contribution is 7.22. The van der Waals surface area contributed by atoms with E-state index in [-0.39, 0.29) is 16.4 Å². The summed E-state index contributed by atoms with van der Waals surface area (Å²) in [5, 5.41) is 14.1. The van der Waals surface area contributed by atoms with Gasteiger partial charge in [0.15, 0.2) is 5.13 Å². The van der Waals surface area contributed by atoms with Crippen molar-refractivity contribution in [3.8, 4) is 5.75 Å². The highest BCUT2D eigenvalue weighted by Crippen LogP contribution is 2.29. The summed E-state index contributed by atoms with van der Waals surface area (Å²) in [6.45, 7) is 2.63. The number of aromatic nitrogens is 2. The normalized spacial score (nSPS) is 11.3. The number of benzene rings is 2. The average Bonchev–Trinajstić information content (AvgIpc) is 3.19. The number of nitrogens with one attached hydrogen (secondary N) is 1. The number of amides is 1. The maximum absolute atomic E-state index is 13.5. The summed E-state index contributed by atoms with van der Waals surface area (Å²) in [5.74, 6) is -1.48.